The molecule has 0 aliphatic carbocycles. The molecule has 0 saturated carbocycles. The van der Waals surface area contributed by atoms with Gasteiger partial charge in [0.05, 0.1) is 0 Å². The topological polar surface area (TPSA) is 21.6 Å². The molecule has 15 heavy (non-hydrogen) atoms. The van der Waals surface area contributed by atoms with Crippen molar-refractivity contribution in [3.63, 3.8) is 0 Å². The summed E-state index contributed by atoms with van der Waals surface area (Å²) in [5.41, 5.74) is 2.42. The van der Waals surface area contributed by atoms with Gasteiger partial charge in [0.2, 0.25) is 0 Å². The van der Waals surface area contributed by atoms with E-state index in [1.54, 1.807) is 0 Å². The monoisotopic (exact) mass is 205 g/mol. The maximum Gasteiger partial charge on any atom is 0.142 e. The zero-order valence-corrected chi connectivity index (χ0v) is 9.57. The molecule has 2 nitrogen and oxygen atoms in total. The highest BCUT2D eigenvalue weighted by Gasteiger charge is 1.91. The summed E-state index contributed by atoms with van der Waals surface area (Å²) in [6.07, 6.45) is 5.23. The number of hydrogen-bond donors (Lipinski definition) is 0. The average molecular weight is 205 g/mol. The number of hydrogen-bond acceptors (Lipinski definition) is 2. The van der Waals surface area contributed by atoms with Gasteiger partial charge in [-0.15, -0.1) is 0 Å². The van der Waals surface area contributed by atoms with Crippen LogP contribution in [0.1, 0.15) is 37.3 Å². The minimum absolute atomic E-state index is 0.560. The number of rotatable bonds is 6. The van der Waals surface area contributed by atoms with E-state index >= 15 is 0 Å². The molecule has 0 unspecified atom stereocenters. The lowest BCUT2D eigenvalue weighted by Crippen LogP contribution is -1.88. The summed E-state index contributed by atoms with van der Waals surface area (Å²) in [5.74, 6) is 0. The van der Waals surface area contributed by atoms with Crippen LogP contribution in [0.15, 0.2) is 29.4 Å². The van der Waals surface area contributed by atoms with E-state index in [1.165, 1.54) is 24.0 Å². The van der Waals surface area contributed by atoms with Crippen LogP contribution in [0, 0.1) is 6.92 Å². The number of oxime groups is 1. The molecular formula is C13H19NO. The van der Waals surface area contributed by atoms with Gasteiger partial charge in [-0.2, -0.15) is 0 Å². The minimum atomic E-state index is 0.560. The molecule has 0 atom stereocenters. The highest BCUT2D eigenvalue weighted by molar-refractivity contribution is 5.56. The summed E-state index contributed by atoms with van der Waals surface area (Å²) in [6.45, 7) is 4.81. The quantitative estimate of drug-likeness (QED) is 0.394. The van der Waals surface area contributed by atoms with Crippen molar-refractivity contribution < 1.29 is 4.84 Å². The highest BCUT2D eigenvalue weighted by atomic mass is 16.6. The van der Waals surface area contributed by atoms with Crippen molar-refractivity contribution in [2.75, 3.05) is 0 Å². The van der Waals surface area contributed by atoms with Crippen LogP contribution in [-0.4, -0.2) is 6.21 Å². The first-order valence-corrected chi connectivity index (χ1v) is 5.52. The van der Waals surface area contributed by atoms with Crippen LogP contribution in [0.4, 0.5) is 0 Å². The summed E-state index contributed by atoms with van der Waals surface area (Å²) in [4.78, 5) is 5.19. The predicted molar refractivity (Wildman–Crippen MR) is 64.0 cm³/mol. The SMILES string of the molecule is CCCCC=NOCc1cccc(C)c1. The second-order valence-electron chi connectivity index (χ2n) is 3.69. The van der Waals surface area contributed by atoms with Gasteiger partial charge in [-0.3, -0.25) is 0 Å². The van der Waals surface area contributed by atoms with Gasteiger partial charge in [0.15, 0.2) is 0 Å². The van der Waals surface area contributed by atoms with E-state index in [1.807, 2.05) is 12.3 Å². The fourth-order valence-corrected chi connectivity index (χ4v) is 1.31. The second kappa shape index (κ2) is 7.04. The fourth-order valence-electron chi connectivity index (χ4n) is 1.31. The third-order valence-electron chi connectivity index (χ3n) is 2.15. The van der Waals surface area contributed by atoms with Gasteiger partial charge in [0, 0.05) is 6.21 Å². The van der Waals surface area contributed by atoms with Crippen molar-refractivity contribution in [3.8, 4) is 0 Å². The maximum absolute atomic E-state index is 5.19. The molecule has 0 amide bonds. The molecule has 1 aromatic rings. The van der Waals surface area contributed by atoms with Gasteiger partial charge in [-0.25, -0.2) is 0 Å². The number of nitrogens with zero attached hydrogens (tertiary/aromatic N) is 1. The molecule has 0 bridgehead atoms. The van der Waals surface area contributed by atoms with Crippen LogP contribution in [0.3, 0.4) is 0 Å². The van der Waals surface area contributed by atoms with Crippen molar-refractivity contribution in [2.45, 2.75) is 39.7 Å². The Morgan fingerprint density at radius 2 is 2.27 bits per heavy atom. The Labute approximate surface area is 91.9 Å². The van der Waals surface area contributed by atoms with Crippen molar-refractivity contribution in [1.29, 1.82) is 0 Å². The molecule has 0 spiro atoms. The average Bonchev–Trinajstić information content (AvgIpc) is 2.23. The fraction of sp³-hybridized carbons (Fsp3) is 0.462. The molecule has 0 radical (unpaired) electrons. The number of unbranched alkanes of at least 4 members (excludes halogenated alkanes) is 2. The predicted octanol–water partition coefficient (Wildman–Crippen LogP) is 3.69. The van der Waals surface area contributed by atoms with Crippen molar-refractivity contribution in [2.24, 2.45) is 5.16 Å². The molecule has 0 heterocycles. The molecule has 1 aromatic carbocycles. The van der Waals surface area contributed by atoms with E-state index in [9.17, 15) is 0 Å². The Balaban J connectivity index is 2.22. The van der Waals surface area contributed by atoms with E-state index in [4.69, 9.17) is 4.84 Å². The van der Waals surface area contributed by atoms with Crippen molar-refractivity contribution >= 4 is 6.21 Å². The lowest BCUT2D eigenvalue weighted by atomic mass is 10.1. The summed E-state index contributed by atoms with van der Waals surface area (Å²) < 4.78 is 0. The summed E-state index contributed by atoms with van der Waals surface area (Å²) in [5, 5.41) is 3.91. The maximum atomic E-state index is 5.19. The largest absolute Gasteiger partial charge is 0.391 e. The van der Waals surface area contributed by atoms with Crippen molar-refractivity contribution in [3.05, 3.63) is 35.4 Å². The van der Waals surface area contributed by atoms with Crippen LogP contribution in [0.2, 0.25) is 0 Å². The smallest absolute Gasteiger partial charge is 0.142 e. The first-order chi connectivity index (χ1) is 7.33. The van der Waals surface area contributed by atoms with Crippen LogP contribution in [-0.2, 0) is 11.4 Å². The van der Waals surface area contributed by atoms with Gasteiger partial charge in [-0.1, -0.05) is 48.3 Å². The molecule has 0 aliphatic heterocycles. The lowest BCUT2D eigenvalue weighted by molar-refractivity contribution is 0.131. The van der Waals surface area contributed by atoms with E-state index in [0.29, 0.717) is 6.61 Å². The molecular weight excluding hydrogens is 186 g/mol. The first kappa shape index (κ1) is 11.8. The standard InChI is InChI=1S/C13H19NO/c1-3-4-5-9-14-15-11-13-8-6-7-12(2)10-13/h6-10H,3-5,11H2,1-2H3. The van der Waals surface area contributed by atoms with E-state index < -0.39 is 0 Å². The zero-order chi connectivity index (χ0) is 10.9. The summed E-state index contributed by atoms with van der Waals surface area (Å²) in [6, 6.07) is 8.28. The molecule has 82 valence electrons. The molecule has 2 heteroatoms. The Hall–Kier alpha value is -1.31. The third-order valence-corrected chi connectivity index (χ3v) is 2.15. The number of aryl methyl sites for hydroxylation is 1. The van der Waals surface area contributed by atoms with Crippen LogP contribution in [0.25, 0.3) is 0 Å². The van der Waals surface area contributed by atoms with Gasteiger partial charge >= 0.3 is 0 Å². The lowest BCUT2D eigenvalue weighted by Gasteiger charge is -2.00. The Morgan fingerprint density at radius 3 is 3.00 bits per heavy atom. The second-order valence-corrected chi connectivity index (χ2v) is 3.69. The Bertz CT molecular complexity index is 307. The van der Waals surface area contributed by atoms with E-state index in [2.05, 4.69) is 37.2 Å². The summed E-state index contributed by atoms with van der Waals surface area (Å²) in [7, 11) is 0. The molecule has 0 N–H and O–H groups in total. The van der Waals surface area contributed by atoms with Crippen LogP contribution >= 0.6 is 0 Å². The molecule has 0 aliphatic rings. The normalized spacial score (nSPS) is 10.8. The third kappa shape index (κ3) is 5.21. The van der Waals surface area contributed by atoms with Crippen LogP contribution in [0.5, 0.6) is 0 Å². The molecule has 0 aromatic heterocycles. The van der Waals surface area contributed by atoms with Gasteiger partial charge < -0.3 is 4.84 Å². The van der Waals surface area contributed by atoms with E-state index in [0.717, 1.165) is 6.42 Å². The number of benzene rings is 1. The van der Waals surface area contributed by atoms with Gasteiger partial charge in [-0.05, 0) is 25.3 Å². The Morgan fingerprint density at radius 1 is 1.40 bits per heavy atom. The zero-order valence-electron chi connectivity index (χ0n) is 9.57. The first-order valence-electron chi connectivity index (χ1n) is 5.52. The van der Waals surface area contributed by atoms with Gasteiger partial charge in [0.1, 0.15) is 6.61 Å². The van der Waals surface area contributed by atoms with Crippen molar-refractivity contribution in [1.82, 2.24) is 0 Å². The van der Waals surface area contributed by atoms with Gasteiger partial charge in [0.25, 0.3) is 0 Å². The molecule has 0 saturated heterocycles. The minimum Gasteiger partial charge on any atom is -0.391 e. The van der Waals surface area contributed by atoms with E-state index in [-0.39, 0.29) is 0 Å². The summed E-state index contributed by atoms with van der Waals surface area (Å²) >= 11 is 0. The molecule has 1 rings (SSSR count). The Kier molecular flexibility index (Phi) is 5.52. The molecule has 0 fully saturated rings. The highest BCUT2D eigenvalue weighted by Crippen LogP contribution is 2.05. The van der Waals surface area contributed by atoms with Crippen LogP contribution < -0.4 is 0 Å².